The first kappa shape index (κ1) is 52.2. The standard InChI is InChI=1S/C60H74N2O5Si2/c1-13-41-64-42-15-43-65-54-33-25-50(26-34-54)61(52-29-37-56(38-30-52)68(9,10)59(3,4)5)48-21-17-46(18-22-48)47-19-23-49(24-20-47)62(53-31-39-57(40-32-53)69(11,12)60(6,7)8)51-27-35-55(36-28-51)66-44-16-45-67-58(63)14-2/h13-14,17-40H,1-2,15-16,41-45H2,3-12H3. The quantitative estimate of drug-likeness (QED) is 0.0221. The number of carbonyl (C=O) groups excluding carboxylic acids is 1. The van der Waals surface area contributed by atoms with Crippen LogP contribution in [0.25, 0.3) is 11.1 Å². The van der Waals surface area contributed by atoms with Gasteiger partial charge in [0.25, 0.3) is 0 Å². The predicted molar refractivity (Wildman–Crippen MR) is 297 cm³/mol. The Balaban J connectivity index is 1.27. The van der Waals surface area contributed by atoms with Gasteiger partial charge in [-0.1, -0.05) is 139 Å². The Morgan fingerprint density at radius 3 is 1.12 bits per heavy atom. The molecule has 6 aromatic rings. The first-order valence-electron chi connectivity index (χ1n) is 24.3. The SMILES string of the molecule is C=CCOCCCOc1ccc(N(c2ccc(-c3ccc(N(c4ccc(OCCCOC(=O)C=C)cc4)c4ccc([Si](C)(C)C(C)(C)C)cc4)cc3)cc2)c2ccc([Si](C)(C)C(C)(C)C)cc2)cc1. The Hall–Kier alpha value is -6.14. The number of nitrogens with zero attached hydrogens (tertiary/aromatic N) is 2. The van der Waals surface area contributed by atoms with E-state index < -0.39 is 22.1 Å². The highest BCUT2D eigenvalue weighted by Crippen LogP contribution is 2.41. The third-order valence-corrected chi connectivity index (χ3v) is 25.2. The second-order valence-corrected chi connectivity index (χ2v) is 31.4. The number of rotatable bonds is 22. The minimum Gasteiger partial charge on any atom is -0.494 e. The Bertz CT molecular complexity index is 2580. The molecule has 362 valence electrons. The Morgan fingerprint density at radius 2 is 0.797 bits per heavy atom. The van der Waals surface area contributed by atoms with E-state index in [4.69, 9.17) is 18.9 Å². The zero-order valence-electron chi connectivity index (χ0n) is 42.8. The van der Waals surface area contributed by atoms with Crippen LogP contribution in [0.5, 0.6) is 11.5 Å². The molecule has 0 aliphatic heterocycles. The molecule has 0 fully saturated rings. The van der Waals surface area contributed by atoms with E-state index >= 15 is 0 Å². The fourth-order valence-corrected chi connectivity index (χ4v) is 11.5. The third-order valence-electron chi connectivity index (χ3n) is 14.1. The molecule has 0 heterocycles. The van der Waals surface area contributed by atoms with Gasteiger partial charge in [-0.3, -0.25) is 0 Å². The van der Waals surface area contributed by atoms with Gasteiger partial charge in [-0.2, -0.15) is 0 Å². The minimum atomic E-state index is -1.73. The molecule has 0 spiro atoms. The van der Waals surface area contributed by atoms with Crippen LogP contribution in [-0.2, 0) is 14.3 Å². The number of esters is 1. The van der Waals surface area contributed by atoms with Crippen molar-refractivity contribution in [1.82, 2.24) is 0 Å². The summed E-state index contributed by atoms with van der Waals surface area (Å²) in [6.45, 7) is 33.7. The summed E-state index contributed by atoms with van der Waals surface area (Å²) in [5, 5.41) is 3.34. The van der Waals surface area contributed by atoms with E-state index in [0.29, 0.717) is 32.8 Å². The van der Waals surface area contributed by atoms with E-state index in [1.54, 1.807) is 6.08 Å². The number of benzene rings is 6. The summed E-state index contributed by atoms with van der Waals surface area (Å²) in [5.74, 6) is 1.16. The lowest BCUT2D eigenvalue weighted by Crippen LogP contribution is -2.49. The van der Waals surface area contributed by atoms with Gasteiger partial charge >= 0.3 is 5.97 Å². The van der Waals surface area contributed by atoms with Crippen molar-refractivity contribution in [2.45, 2.75) is 90.6 Å². The van der Waals surface area contributed by atoms with Crippen molar-refractivity contribution in [1.29, 1.82) is 0 Å². The van der Waals surface area contributed by atoms with Gasteiger partial charge in [0.05, 0.1) is 49.2 Å². The topological polar surface area (TPSA) is 60.5 Å². The molecule has 0 atom stereocenters. The smallest absolute Gasteiger partial charge is 0.330 e. The molecule has 0 saturated heterocycles. The molecular formula is C60H74N2O5Si2. The molecule has 0 bridgehead atoms. The molecule has 0 unspecified atom stereocenters. The van der Waals surface area contributed by atoms with Crippen LogP contribution in [0.15, 0.2) is 171 Å². The van der Waals surface area contributed by atoms with Gasteiger partial charge < -0.3 is 28.7 Å². The maximum absolute atomic E-state index is 11.4. The zero-order valence-corrected chi connectivity index (χ0v) is 44.8. The highest BCUT2D eigenvalue weighted by Gasteiger charge is 2.37. The third kappa shape index (κ3) is 13.1. The number of hydrogen-bond donors (Lipinski definition) is 0. The average Bonchev–Trinajstić information content (AvgIpc) is 3.33. The monoisotopic (exact) mass is 959 g/mol. The Labute approximate surface area is 415 Å². The molecule has 7 nitrogen and oxygen atoms in total. The van der Waals surface area contributed by atoms with Gasteiger partial charge in [-0.05, 0) is 118 Å². The lowest BCUT2D eigenvalue weighted by molar-refractivity contribution is -0.137. The van der Waals surface area contributed by atoms with E-state index in [1.165, 1.54) is 16.4 Å². The number of carbonyl (C=O) groups is 1. The fourth-order valence-electron chi connectivity index (χ4n) is 7.80. The summed E-state index contributed by atoms with van der Waals surface area (Å²) in [7, 11) is -3.46. The van der Waals surface area contributed by atoms with Crippen molar-refractivity contribution in [3.8, 4) is 22.6 Å². The lowest BCUT2D eigenvalue weighted by Gasteiger charge is -2.37. The van der Waals surface area contributed by atoms with E-state index in [0.717, 1.165) is 63.2 Å². The van der Waals surface area contributed by atoms with Gasteiger partial charge in [0.2, 0.25) is 0 Å². The van der Waals surface area contributed by atoms with E-state index in [9.17, 15) is 4.79 Å². The van der Waals surface area contributed by atoms with Crippen molar-refractivity contribution in [3.63, 3.8) is 0 Å². The van der Waals surface area contributed by atoms with Gasteiger partial charge in [-0.15, -0.1) is 6.58 Å². The van der Waals surface area contributed by atoms with Gasteiger partial charge in [0.15, 0.2) is 0 Å². The molecule has 0 radical (unpaired) electrons. The number of ether oxygens (including phenoxy) is 4. The highest BCUT2D eigenvalue weighted by molar-refractivity contribution is 6.92. The summed E-state index contributed by atoms with van der Waals surface area (Å²) in [5.41, 5.74) is 8.63. The molecule has 0 aliphatic rings. The number of hydrogen-bond acceptors (Lipinski definition) is 7. The zero-order chi connectivity index (χ0) is 49.8. The molecule has 0 saturated carbocycles. The van der Waals surface area contributed by atoms with E-state index in [-0.39, 0.29) is 16.7 Å². The van der Waals surface area contributed by atoms with Crippen LogP contribution in [0.3, 0.4) is 0 Å². The van der Waals surface area contributed by atoms with Crippen molar-refractivity contribution in [3.05, 3.63) is 171 Å². The second-order valence-electron chi connectivity index (χ2n) is 20.7. The Kier molecular flexibility index (Phi) is 17.4. The first-order valence-corrected chi connectivity index (χ1v) is 30.3. The largest absolute Gasteiger partial charge is 0.494 e. The van der Waals surface area contributed by atoms with Crippen LogP contribution < -0.4 is 29.6 Å². The van der Waals surface area contributed by atoms with Crippen LogP contribution in [0.2, 0.25) is 36.3 Å². The molecule has 6 rings (SSSR count). The molecule has 9 heteroatoms. The maximum Gasteiger partial charge on any atom is 0.330 e. The number of anilines is 6. The van der Waals surface area contributed by atoms with E-state index in [1.807, 2.05) is 12.1 Å². The molecule has 0 aliphatic carbocycles. The molecule has 69 heavy (non-hydrogen) atoms. The van der Waals surface area contributed by atoms with Crippen LogP contribution in [-0.4, -0.2) is 55.2 Å². The first-order chi connectivity index (χ1) is 32.8. The van der Waals surface area contributed by atoms with Crippen LogP contribution in [0.4, 0.5) is 34.1 Å². The van der Waals surface area contributed by atoms with E-state index in [2.05, 4.69) is 224 Å². The molecule has 0 N–H and O–H groups in total. The molecule has 6 aromatic carbocycles. The van der Waals surface area contributed by atoms with Crippen LogP contribution in [0.1, 0.15) is 54.4 Å². The lowest BCUT2D eigenvalue weighted by atomic mass is 10.0. The van der Waals surface area contributed by atoms with Crippen LogP contribution in [0, 0.1) is 0 Å². The van der Waals surface area contributed by atoms with Gasteiger partial charge in [0, 0.05) is 53.0 Å². The van der Waals surface area contributed by atoms with Crippen LogP contribution >= 0.6 is 0 Å². The summed E-state index contributed by atoms with van der Waals surface area (Å²) in [6, 6.07) is 52.6. The molecule has 0 aromatic heterocycles. The molecule has 0 amide bonds. The molecular weight excluding hydrogens is 885 g/mol. The predicted octanol–water partition coefficient (Wildman–Crippen LogP) is 15.2. The van der Waals surface area contributed by atoms with Gasteiger partial charge in [-0.25, -0.2) is 4.79 Å². The summed E-state index contributed by atoms with van der Waals surface area (Å²) in [4.78, 5) is 16.0. The average molecular weight is 959 g/mol. The summed E-state index contributed by atoms with van der Waals surface area (Å²) in [6.07, 6.45) is 4.34. The van der Waals surface area contributed by atoms with Crippen molar-refractivity contribution in [2.75, 3.05) is 42.8 Å². The maximum atomic E-state index is 11.4. The fraction of sp³-hybridized carbons (Fsp3) is 0.317. The Morgan fingerprint density at radius 1 is 0.478 bits per heavy atom. The van der Waals surface area contributed by atoms with Crippen molar-refractivity contribution in [2.24, 2.45) is 0 Å². The normalized spacial score (nSPS) is 12.0. The second kappa shape index (κ2) is 23.0. The van der Waals surface area contributed by atoms with Gasteiger partial charge in [0.1, 0.15) is 11.5 Å². The highest BCUT2D eigenvalue weighted by atomic mass is 28.3. The summed E-state index contributed by atoms with van der Waals surface area (Å²) >= 11 is 0. The van der Waals surface area contributed by atoms with Crippen molar-refractivity contribution >= 4 is 66.6 Å². The summed E-state index contributed by atoms with van der Waals surface area (Å²) < 4.78 is 22.7. The van der Waals surface area contributed by atoms with Crippen molar-refractivity contribution < 1.29 is 23.7 Å². The minimum absolute atomic E-state index is 0.225.